The summed E-state index contributed by atoms with van der Waals surface area (Å²) in [5.74, 6) is 1.32. The number of nitriles is 2. The smallest absolute Gasteiger partial charge is 0.161 e. The lowest BCUT2D eigenvalue weighted by Crippen LogP contribution is -2.02. The number of methoxy groups -OCH3 is 1. The van der Waals surface area contributed by atoms with Crippen molar-refractivity contribution in [2.75, 3.05) is 19.5 Å². The van der Waals surface area contributed by atoms with E-state index < -0.39 is 0 Å². The molecule has 2 N–H and O–H groups in total. The quantitative estimate of drug-likeness (QED) is 0.369. The molecule has 0 aliphatic carbocycles. The van der Waals surface area contributed by atoms with Crippen LogP contribution in [0.3, 0.4) is 0 Å². The lowest BCUT2D eigenvalue weighted by molar-refractivity contribution is 0.297. The first kappa shape index (κ1) is 23.2. The van der Waals surface area contributed by atoms with Gasteiger partial charge in [0.1, 0.15) is 29.2 Å². The number of anilines is 1. The van der Waals surface area contributed by atoms with E-state index in [1.54, 1.807) is 25.3 Å². The molecule has 7 nitrogen and oxygen atoms in total. The molecule has 0 unspecified atom stereocenters. The van der Waals surface area contributed by atoms with Crippen molar-refractivity contribution in [3.8, 4) is 29.3 Å². The molecule has 0 spiro atoms. The van der Waals surface area contributed by atoms with Crippen molar-refractivity contribution in [1.29, 1.82) is 10.5 Å². The van der Waals surface area contributed by atoms with Gasteiger partial charge in [-0.15, -0.1) is 0 Å². The molecule has 172 valence electrons. The molecule has 0 saturated carbocycles. The first-order valence-electron chi connectivity index (χ1n) is 11.0. The molecule has 4 rings (SSSR count). The fourth-order valence-corrected chi connectivity index (χ4v) is 3.63. The Morgan fingerprint density at radius 3 is 2.37 bits per heavy atom. The number of hydrogen-bond donors (Lipinski definition) is 1. The third kappa shape index (κ3) is 5.16. The molecule has 0 bridgehead atoms. The molecule has 0 fully saturated rings. The predicted molar refractivity (Wildman–Crippen MR) is 135 cm³/mol. The number of nitrogen functional groups attached to an aromatic ring is 1. The monoisotopic (exact) mass is 461 g/mol. The van der Waals surface area contributed by atoms with Gasteiger partial charge in [-0.2, -0.15) is 15.6 Å². The van der Waals surface area contributed by atoms with E-state index in [-0.39, 0.29) is 22.6 Å². The second-order valence-electron chi connectivity index (χ2n) is 7.63. The van der Waals surface area contributed by atoms with E-state index in [1.165, 1.54) is 10.2 Å². The van der Waals surface area contributed by atoms with Gasteiger partial charge in [0, 0.05) is 6.42 Å². The lowest BCUT2D eigenvalue weighted by Gasteiger charge is -2.11. The van der Waals surface area contributed by atoms with Gasteiger partial charge in [0.2, 0.25) is 0 Å². The summed E-state index contributed by atoms with van der Waals surface area (Å²) in [6, 6.07) is 28.9. The molecule has 0 aliphatic heterocycles. The van der Waals surface area contributed by atoms with Crippen molar-refractivity contribution in [3.63, 3.8) is 0 Å². The highest BCUT2D eigenvalue weighted by molar-refractivity contribution is 5.91. The average molecular weight is 462 g/mol. The van der Waals surface area contributed by atoms with Crippen molar-refractivity contribution in [2.24, 2.45) is 0 Å². The van der Waals surface area contributed by atoms with Crippen LogP contribution in [0.5, 0.6) is 11.5 Å². The van der Waals surface area contributed by atoms with Crippen LogP contribution in [0.15, 0.2) is 78.9 Å². The van der Waals surface area contributed by atoms with E-state index in [0.29, 0.717) is 29.4 Å². The fraction of sp³-hybridized carbons (Fsp3) is 0.107. The lowest BCUT2D eigenvalue weighted by atomic mass is 10.1. The van der Waals surface area contributed by atoms with Gasteiger partial charge in [-0.25, -0.2) is 4.68 Å². The number of nitrogens with zero attached hydrogens (tertiary/aromatic N) is 4. The van der Waals surface area contributed by atoms with Crippen LogP contribution in [0.4, 0.5) is 5.82 Å². The number of ether oxygens (including phenoxy) is 2. The maximum Gasteiger partial charge on any atom is 0.161 e. The summed E-state index contributed by atoms with van der Waals surface area (Å²) >= 11 is 0. The molecule has 0 amide bonds. The molecule has 0 aliphatic rings. The Labute approximate surface area is 203 Å². The Balaban J connectivity index is 1.61. The summed E-state index contributed by atoms with van der Waals surface area (Å²) in [6.07, 6.45) is 2.42. The standard InChI is InChI=1S/C28H23N5O2/c1-34-26-17-21(12-13-25(26)35-15-14-20-8-4-2-5-9-20)16-22(18-29)27-24(19-30)28(31)33(32-27)23-10-6-3-7-11-23/h2-13,16-17H,14-15,31H2,1H3/b22-16+. The van der Waals surface area contributed by atoms with Crippen LogP contribution < -0.4 is 15.2 Å². The van der Waals surface area contributed by atoms with Gasteiger partial charge in [0.05, 0.1) is 25.0 Å². The zero-order valence-corrected chi connectivity index (χ0v) is 19.2. The van der Waals surface area contributed by atoms with Gasteiger partial charge in [0.15, 0.2) is 11.5 Å². The first-order chi connectivity index (χ1) is 17.1. The molecule has 1 aromatic heterocycles. The molecule has 0 radical (unpaired) electrons. The van der Waals surface area contributed by atoms with Crippen LogP contribution in [-0.4, -0.2) is 23.5 Å². The molecule has 0 atom stereocenters. The Kier molecular flexibility index (Phi) is 7.11. The van der Waals surface area contributed by atoms with Crippen LogP contribution in [0.2, 0.25) is 0 Å². The topological polar surface area (TPSA) is 110 Å². The normalized spacial score (nSPS) is 10.9. The van der Waals surface area contributed by atoms with E-state index in [0.717, 1.165) is 6.42 Å². The SMILES string of the molecule is COc1cc(/C=C(\C#N)c2nn(-c3ccccc3)c(N)c2C#N)ccc1OCCc1ccccc1. The minimum absolute atomic E-state index is 0.148. The molecule has 1 heterocycles. The van der Waals surface area contributed by atoms with E-state index in [4.69, 9.17) is 15.2 Å². The maximum atomic E-state index is 9.86. The van der Waals surface area contributed by atoms with Crippen LogP contribution in [0.1, 0.15) is 22.4 Å². The Morgan fingerprint density at radius 2 is 1.71 bits per heavy atom. The molecule has 4 aromatic rings. The first-order valence-corrected chi connectivity index (χ1v) is 11.0. The van der Waals surface area contributed by atoms with Crippen molar-refractivity contribution in [1.82, 2.24) is 9.78 Å². The van der Waals surface area contributed by atoms with Crippen LogP contribution in [0.25, 0.3) is 17.3 Å². The summed E-state index contributed by atoms with van der Waals surface area (Å²) in [4.78, 5) is 0. The van der Waals surface area contributed by atoms with Gasteiger partial charge >= 0.3 is 0 Å². The van der Waals surface area contributed by atoms with Gasteiger partial charge in [-0.3, -0.25) is 0 Å². The van der Waals surface area contributed by atoms with Gasteiger partial charge in [-0.1, -0.05) is 54.6 Å². The maximum absolute atomic E-state index is 9.86. The van der Waals surface area contributed by atoms with Crippen molar-refractivity contribution in [2.45, 2.75) is 6.42 Å². The van der Waals surface area contributed by atoms with Crippen molar-refractivity contribution < 1.29 is 9.47 Å². The molecular weight excluding hydrogens is 438 g/mol. The fourth-order valence-electron chi connectivity index (χ4n) is 3.63. The summed E-state index contributed by atoms with van der Waals surface area (Å²) < 4.78 is 12.9. The third-order valence-corrected chi connectivity index (χ3v) is 5.40. The van der Waals surface area contributed by atoms with Crippen LogP contribution in [0, 0.1) is 22.7 Å². The number of para-hydroxylation sites is 1. The summed E-state index contributed by atoms with van der Waals surface area (Å²) in [6.45, 7) is 0.501. The Morgan fingerprint density at radius 1 is 1.00 bits per heavy atom. The number of rotatable bonds is 8. The second kappa shape index (κ2) is 10.7. The van der Waals surface area contributed by atoms with Gasteiger partial charge in [0.25, 0.3) is 0 Å². The minimum atomic E-state index is 0.148. The third-order valence-electron chi connectivity index (χ3n) is 5.40. The van der Waals surface area contributed by atoms with Gasteiger partial charge in [-0.05, 0) is 41.5 Å². The van der Waals surface area contributed by atoms with E-state index in [9.17, 15) is 10.5 Å². The Bertz CT molecular complexity index is 1430. The largest absolute Gasteiger partial charge is 0.493 e. The van der Waals surface area contributed by atoms with E-state index >= 15 is 0 Å². The minimum Gasteiger partial charge on any atom is -0.493 e. The number of aromatic nitrogens is 2. The van der Waals surface area contributed by atoms with Crippen LogP contribution >= 0.6 is 0 Å². The Hall–Kier alpha value is -5.01. The van der Waals surface area contributed by atoms with Crippen LogP contribution in [-0.2, 0) is 6.42 Å². The molecule has 7 heteroatoms. The highest BCUT2D eigenvalue weighted by Gasteiger charge is 2.20. The summed E-state index contributed by atoms with van der Waals surface area (Å²) in [5.41, 5.74) is 9.36. The number of allylic oxidation sites excluding steroid dienone is 1. The van der Waals surface area contributed by atoms with Crippen molar-refractivity contribution in [3.05, 3.63) is 101 Å². The van der Waals surface area contributed by atoms with Crippen molar-refractivity contribution >= 4 is 17.5 Å². The number of nitrogens with two attached hydrogens (primary N) is 1. The second-order valence-corrected chi connectivity index (χ2v) is 7.63. The number of benzene rings is 3. The average Bonchev–Trinajstić information content (AvgIpc) is 3.24. The molecule has 3 aromatic carbocycles. The molecular formula is C28H23N5O2. The zero-order chi connectivity index (χ0) is 24.6. The zero-order valence-electron chi connectivity index (χ0n) is 19.2. The highest BCUT2D eigenvalue weighted by Crippen LogP contribution is 2.31. The van der Waals surface area contributed by atoms with E-state index in [1.807, 2.05) is 54.6 Å². The molecule has 0 saturated heterocycles. The molecule has 35 heavy (non-hydrogen) atoms. The van der Waals surface area contributed by atoms with E-state index in [2.05, 4.69) is 29.4 Å². The number of hydrogen-bond acceptors (Lipinski definition) is 6. The highest BCUT2D eigenvalue weighted by atomic mass is 16.5. The summed E-state index contributed by atoms with van der Waals surface area (Å²) in [5, 5.41) is 24.0. The van der Waals surface area contributed by atoms with Gasteiger partial charge < -0.3 is 15.2 Å². The predicted octanol–water partition coefficient (Wildman–Crippen LogP) is 5.02. The summed E-state index contributed by atoms with van der Waals surface area (Å²) in [7, 11) is 1.56.